The van der Waals surface area contributed by atoms with Gasteiger partial charge in [-0.1, -0.05) is 0 Å². The van der Waals surface area contributed by atoms with E-state index in [1.807, 2.05) is 0 Å². The van der Waals surface area contributed by atoms with Gasteiger partial charge in [0.1, 0.15) is 17.2 Å². The highest BCUT2D eigenvalue weighted by molar-refractivity contribution is 6.28. The van der Waals surface area contributed by atoms with Gasteiger partial charge in [-0.25, -0.2) is 9.37 Å². The lowest BCUT2D eigenvalue weighted by atomic mass is 10.0. The van der Waals surface area contributed by atoms with Gasteiger partial charge in [0, 0.05) is 12.6 Å². The molecule has 9 heteroatoms. The van der Waals surface area contributed by atoms with Gasteiger partial charge in [0.2, 0.25) is 5.28 Å². The zero-order valence-corrected chi connectivity index (χ0v) is 11.8. The number of rotatable bonds is 2. The second kappa shape index (κ2) is 4.77. The Hall–Kier alpha value is -1.48. The number of hydrogen-bond acceptors (Lipinski definition) is 5. The molecule has 3 rings (SSSR count). The molecule has 1 aliphatic rings. The number of H-pyrrole nitrogens is 1. The van der Waals surface area contributed by atoms with Gasteiger partial charge in [-0.15, -0.1) is 0 Å². The summed E-state index contributed by atoms with van der Waals surface area (Å²) in [4.78, 5) is 17.9. The van der Waals surface area contributed by atoms with Crippen molar-refractivity contribution in [3.8, 4) is 0 Å². The minimum atomic E-state index is -1.15. The van der Waals surface area contributed by atoms with Crippen LogP contribution in [0.25, 0.3) is 11.0 Å². The predicted molar refractivity (Wildman–Crippen MR) is 71.6 cm³/mol. The molecular weight excluding hydrogens is 305 g/mol. The highest BCUT2D eigenvalue weighted by Crippen LogP contribution is 2.37. The first-order valence-electron chi connectivity index (χ1n) is 6.28. The van der Waals surface area contributed by atoms with Gasteiger partial charge in [-0.05, 0) is 18.5 Å². The van der Waals surface area contributed by atoms with Crippen molar-refractivity contribution >= 4 is 22.6 Å². The molecule has 0 radical (unpaired) electrons. The summed E-state index contributed by atoms with van der Waals surface area (Å²) in [5, 5.41) is 18.9. The number of hydrogen-bond donors (Lipinski definition) is 3. The Morgan fingerprint density at radius 3 is 3.05 bits per heavy atom. The van der Waals surface area contributed by atoms with E-state index in [1.54, 1.807) is 6.92 Å². The van der Waals surface area contributed by atoms with Crippen molar-refractivity contribution < 1.29 is 19.3 Å². The number of ether oxygens (including phenoxy) is 1. The maximum absolute atomic E-state index is 13.9. The van der Waals surface area contributed by atoms with E-state index in [4.69, 9.17) is 16.3 Å². The molecule has 2 aromatic rings. The van der Waals surface area contributed by atoms with Gasteiger partial charge in [0.15, 0.2) is 11.5 Å². The third kappa shape index (κ3) is 2.15. The first-order valence-corrected chi connectivity index (χ1v) is 6.66. The minimum absolute atomic E-state index is 0.0284. The van der Waals surface area contributed by atoms with Gasteiger partial charge < -0.3 is 19.5 Å². The standard InChI is InChI=1S/C12H13ClFN3O4/c1-12(4-18)6(19)2-7(21-12)17-3-5(14)8-9(17)15-11(13)16-10(8)20/h3,6-7,18-19H,2,4H2,1H3,(H,15,16,20)/t6-,7+,12+/m0/s1. The van der Waals surface area contributed by atoms with E-state index in [2.05, 4.69) is 9.97 Å². The molecule has 3 N–H and O–H groups in total. The summed E-state index contributed by atoms with van der Waals surface area (Å²) < 4.78 is 20.8. The van der Waals surface area contributed by atoms with E-state index in [0.717, 1.165) is 6.20 Å². The molecule has 1 saturated heterocycles. The second-order valence-corrected chi connectivity index (χ2v) is 5.59. The fraction of sp³-hybridized carbons (Fsp3) is 0.500. The molecule has 0 aromatic carbocycles. The molecule has 0 amide bonds. The number of halogens is 2. The van der Waals surface area contributed by atoms with E-state index in [9.17, 15) is 19.4 Å². The molecule has 0 saturated carbocycles. The van der Waals surface area contributed by atoms with Crippen LogP contribution < -0.4 is 5.56 Å². The van der Waals surface area contributed by atoms with Crippen molar-refractivity contribution in [1.29, 1.82) is 0 Å². The van der Waals surface area contributed by atoms with Crippen molar-refractivity contribution in [3.05, 3.63) is 27.7 Å². The van der Waals surface area contributed by atoms with Crippen LogP contribution in [-0.4, -0.2) is 43.1 Å². The highest BCUT2D eigenvalue weighted by Gasteiger charge is 2.45. The molecule has 0 aliphatic carbocycles. The number of aromatic amines is 1. The summed E-state index contributed by atoms with van der Waals surface area (Å²) in [6.45, 7) is 1.16. The van der Waals surface area contributed by atoms with Crippen LogP contribution in [0.15, 0.2) is 11.0 Å². The lowest BCUT2D eigenvalue weighted by molar-refractivity contribution is -0.115. The van der Waals surface area contributed by atoms with E-state index >= 15 is 0 Å². The minimum Gasteiger partial charge on any atom is -0.393 e. The molecule has 2 aromatic heterocycles. The Morgan fingerprint density at radius 1 is 1.71 bits per heavy atom. The quantitative estimate of drug-likeness (QED) is 0.702. The Morgan fingerprint density at radius 2 is 2.43 bits per heavy atom. The Labute approximate surface area is 122 Å². The zero-order valence-electron chi connectivity index (χ0n) is 11.0. The summed E-state index contributed by atoms with van der Waals surface area (Å²) >= 11 is 5.69. The molecule has 3 heterocycles. The number of aromatic nitrogens is 3. The first-order chi connectivity index (χ1) is 9.85. The van der Waals surface area contributed by atoms with Crippen LogP contribution in [0.3, 0.4) is 0 Å². The molecule has 21 heavy (non-hydrogen) atoms. The van der Waals surface area contributed by atoms with Crippen LogP contribution >= 0.6 is 11.6 Å². The average molecular weight is 318 g/mol. The number of nitrogens with zero attached hydrogens (tertiary/aromatic N) is 2. The smallest absolute Gasteiger partial charge is 0.264 e. The number of fused-ring (bicyclic) bond motifs is 1. The topological polar surface area (TPSA) is 100 Å². The Balaban J connectivity index is 2.13. The fourth-order valence-corrected chi connectivity index (χ4v) is 2.66. The monoisotopic (exact) mass is 317 g/mol. The lowest BCUT2D eigenvalue weighted by Crippen LogP contribution is -2.39. The third-order valence-electron chi connectivity index (χ3n) is 3.77. The molecule has 114 valence electrons. The maximum atomic E-state index is 13.9. The number of aliphatic hydroxyl groups excluding tert-OH is 2. The van der Waals surface area contributed by atoms with Crippen molar-refractivity contribution in [2.24, 2.45) is 0 Å². The second-order valence-electron chi connectivity index (χ2n) is 5.23. The van der Waals surface area contributed by atoms with Crippen molar-refractivity contribution in [3.63, 3.8) is 0 Å². The van der Waals surface area contributed by atoms with Crippen LogP contribution in [0.4, 0.5) is 4.39 Å². The summed E-state index contributed by atoms with van der Waals surface area (Å²) in [5.74, 6) is -0.758. The predicted octanol–water partition coefficient (Wildman–Crippen LogP) is 0.548. The molecule has 0 bridgehead atoms. The van der Waals surface area contributed by atoms with Crippen molar-refractivity contribution in [2.45, 2.75) is 31.3 Å². The van der Waals surface area contributed by atoms with Gasteiger partial charge in [-0.3, -0.25) is 9.78 Å². The van der Waals surface area contributed by atoms with E-state index in [0.29, 0.717) is 0 Å². The SMILES string of the molecule is C[C@]1(CO)O[C@@H](n2cc(F)c3c(=O)[nH]c(Cl)nc32)C[C@@H]1O. The molecule has 3 atom stereocenters. The normalized spacial score (nSPS) is 29.4. The lowest BCUT2D eigenvalue weighted by Gasteiger charge is -2.25. The number of aliphatic hydroxyl groups is 2. The summed E-state index contributed by atoms with van der Waals surface area (Å²) in [7, 11) is 0. The van der Waals surface area contributed by atoms with Gasteiger partial charge in [-0.2, -0.15) is 0 Å². The molecule has 1 aliphatic heterocycles. The first kappa shape index (κ1) is 14.5. The maximum Gasteiger partial charge on any atom is 0.264 e. The summed E-state index contributed by atoms with van der Waals surface area (Å²) in [6, 6.07) is 0. The summed E-state index contributed by atoms with van der Waals surface area (Å²) in [6.07, 6.45) is -0.476. The fourth-order valence-electron chi connectivity index (χ4n) is 2.49. The van der Waals surface area contributed by atoms with Gasteiger partial charge >= 0.3 is 0 Å². The third-order valence-corrected chi connectivity index (χ3v) is 3.95. The number of nitrogens with one attached hydrogen (secondary N) is 1. The van der Waals surface area contributed by atoms with Crippen molar-refractivity contribution in [2.75, 3.05) is 6.61 Å². The molecule has 0 unspecified atom stereocenters. The zero-order chi connectivity index (χ0) is 15.4. The summed E-state index contributed by atoms with van der Waals surface area (Å²) in [5.41, 5.74) is -1.81. The van der Waals surface area contributed by atoms with Gasteiger partial charge in [0.05, 0.1) is 12.7 Å². The van der Waals surface area contributed by atoms with Crippen LogP contribution in [0.2, 0.25) is 5.28 Å². The van der Waals surface area contributed by atoms with Crippen LogP contribution in [0.1, 0.15) is 19.6 Å². The Bertz CT molecular complexity index is 761. The van der Waals surface area contributed by atoms with Crippen LogP contribution in [0.5, 0.6) is 0 Å². The highest BCUT2D eigenvalue weighted by atomic mass is 35.5. The molecule has 1 fully saturated rings. The average Bonchev–Trinajstić information content (AvgIpc) is 2.89. The largest absolute Gasteiger partial charge is 0.393 e. The molecule has 7 nitrogen and oxygen atoms in total. The Kier molecular flexibility index (Phi) is 3.28. The van der Waals surface area contributed by atoms with E-state index in [-0.39, 0.29) is 29.3 Å². The van der Waals surface area contributed by atoms with E-state index in [1.165, 1.54) is 4.57 Å². The molecule has 0 spiro atoms. The molecular formula is C12H13ClFN3O4. The van der Waals surface area contributed by atoms with E-state index < -0.39 is 29.3 Å². The van der Waals surface area contributed by atoms with Crippen molar-refractivity contribution in [1.82, 2.24) is 14.5 Å². The van der Waals surface area contributed by atoms with Gasteiger partial charge in [0.25, 0.3) is 5.56 Å². The van der Waals surface area contributed by atoms with Crippen LogP contribution in [0, 0.1) is 5.82 Å². The van der Waals surface area contributed by atoms with Crippen LogP contribution in [-0.2, 0) is 4.74 Å².